The van der Waals surface area contributed by atoms with E-state index in [1.807, 2.05) is 0 Å². The van der Waals surface area contributed by atoms with Crippen LogP contribution in [-0.2, 0) is 15.6 Å². The van der Waals surface area contributed by atoms with E-state index in [9.17, 15) is 9.00 Å². The first-order valence-corrected chi connectivity index (χ1v) is 5.67. The molecule has 0 aromatic rings. The fourth-order valence-electron chi connectivity index (χ4n) is 1.57. The number of hydrogen-bond acceptors (Lipinski definition) is 2. The molecular weight excluding hydrogens is 176 g/mol. The third-order valence-corrected chi connectivity index (χ3v) is 3.94. The van der Waals surface area contributed by atoms with Crippen LogP contribution in [0.2, 0.25) is 0 Å². The first-order chi connectivity index (χ1) is 5.70. The molecule has 1 N–H and O–H groups in total. The zero-order valence-electron chi connectivity index (χ0n) is 6.99. The van der Waals surface area contributed by atoms with Crippen molar-refractivity contribution in [3.05, 3.63) is 0 Å². The zero-order chi connectivity index (χ0) is 8.97. The summed E-state index contributed by atoms with van der Waals surface area (Å²) < 4.78 is 11.3. The SMILES string of the molecule is O=C(O)CS(=O)C1CCCCC1. The Kier molecular flexibility index (Phi) is 3.72. The highest BCUT2D eigenvalue weighted by atomic mass is 32.2. The molecule has 70 valence electrons. The fourth-order valence-corrected chi connectivity index (χ4v) is 2.91. The molecule has 0 bridgehead atoms. The quantitative estimate of drug-likeness (QED) is 0.726. The summed E-state index contributed by atoms with van der Waals surface area (Å²) in [5.74, 6) is -1.12. The lowest BCUT2D eigenvalue weighted by Crippen LogP contribution is -2.24. The Morgan fingerprint density at radius 2 is 1.92 bits per heavy atom. The van der Waals surface area contributed by atoms with Crippen LogP contribution in [0.4, 0.5) is 0 Å². The third kappa shape index (κ3) is 2.93. The van der Waals surface area contributed by atoms with Crippen molar-refractivity contribution < 1.29 is 14.1 Å². The van der Waals surface area contributed by atoms with Gasteiger partial charge in [0.05, 0.1) is 0 Å². The van der Waals surface area contributed by atoms with Crippen LogP contribution in [0.3, 0.4) is 0 Å². The minimum Gasteiger partial charge on any atom is -0.481 e. The van der Waals surface area contributed by atoms with Crippen molar-refractivity contribution in [2.45, 2.75) is 37.4 Å². The van der Waals surface area contributed by atoms with E-state index >= 15 is 0 Å². The van der Waals surface area contributed by atoms with Gasteiger partial charge in [-0.3, -0.25) is 9.00 Å². The molecule has 0 aromatic heterocycles. The van der Waals surface area contributed by atoms with Crippen molar-refractivity contribution in [1.29, 1.82) is 0 Å². The minimum absolute atomic E-state index is 0.148. The molecular formula is C8H14O3S. The number of hydrogen-bond donors (Lipinski definition) is 1. The molecule has 0 spiro atoms. The second-order valence-corrected chi connectivity index (χ2v) is 4.90. The largest absolute Gasteiger partial charge is 0.481 e. The molecule has 12 heavy (non-hydrogen) atoms. The Morgan fingerprint density at radius 3 is 2.42 bits per heavy atom. The van der Waals surface area contributed by atoms with Crippen LogP contribution in [0.25, 0.3) is 0 Å². The van der Waals surface area contributed by atoms with Crippen LogP contribution in [0.1, 0.15) is 32.1 Å². The smallest absolute Gasteiger partial charge is 0.316 e. The predicted octanol–water partition coefficient (Wildman–Crippen LogP) is 1.15. The number of aliphatic carboxylic acids is 1. The second kappa shape index (κ2) is 4.60. The third-order valence-electron chi connectivity index (χ3n) is 2.19. The highest BCUT2D eigenvalue weighted by Gasteiger charge is 2.21. The Bertz CT molecular complexity index is 185. The van der Waals surface area contributed by atoms with Crippen molar-refractivity contribution in [3.63, 3.8) is 0 Å². The molecule has 0 amide bonds. The first kappa shape index (κ1) is 9.71. The standard InChI is InChI=1S/C8H14O3S/c9-8(10)6-12(11)7-4-2-1-3-5-7/h7H,1-6H2,(H,9,10). The average Bonchev–Trinajstić information content (AvgIpc) is 2.05. The lowest BCUT2D eigenvalue weighted by Gasteiger charge is -2.19. The summed E-state index contributed by atoms with van der Waals surface area (Å²) in [5.41, 5.74) is 0. The van der Waals surface area contributed by atoms with Gasteiger partial charge in [-0.05, 0) is 12.8 Å². The fraction of sp³-hybridized carbons (Fsp3) is 0.875. The summed E-state index contributed by atoms with van der Waals surface area (Å²) in [6.07, 6.45) is 5.31. The van der Waals surface area contributed by atoms with E-state index in [-0.39, 0.29) is 11.0 Å². The maximum absolute atomic E-state index is 11.3. The molecule has 4 heteroatoms. The van der Waals surface area contributed by atoms with Crippen LogP contribution >= 0.6 is 0 Å². The van der Waals surface area contributed by atoms with Gasteiger partial charge in [0, 0.05) is 16.0 Å². The van der Waals surface area contributed by atoms with Gasteiger partial charge < -0.3 is 5.11 Å². The van der Waals surface area contributed by atoms with Gasteiger partial charge >= 0.3 is 5.97 Å². The molecule has 0 aromatic carbocycles. The highest BCUT2D eigenvalue weighted by Crippen LogP contribution is 2.21. The topological polar surface area (TPSA) is 54.4 Å². The highest BCUT2D eigenvalue weighted by molar-refractivity contribution is 7.86. The van der Waals surface area contributed by atoms with E-state index in [1.54, 1.807) is 0 Å². The molecule has 1 rings (SSSR count). The summed E-state index contributed by atoms with van der Waals surface area (Å²) in [6, 6.07) is 0. The van der Waals surface area contributed by atoms with Crippen molar-refractivity contribution in [1.82, 2.24) is 0 Å². The summed E-state index contributed by atoms with van der Waals surface area (Å²) >= 11 is 0. The van der Waals surface area contributed by atoms with Gasteiger partial charge in [-0.1, -0.05) is 19.3 Å². The molecule has 0 aliphatic heterocycles. The predicted molar refractivity (Wildman–Crippen MR) is 47.5 cm³/mol. The number of carboxylic acids is 1. The number of carbonyl (C=O) groups is 1. The Balaban J connectivity index is 2.34. The molecule has 1 aliphatic rings. The van der Waals surface area contributed by atoms with Gasteiger partial charge in [0.2, 0.25) is 0 Å². The molecule has 3 nitrogen and oxygen atoms in total. The van der Waals surface area contributed by atoms with Gasteiger partial charge in [-0.15, -0.1) is 0 Å². The van der Waals surface area contributed by atoms with Crippen LogP contribution in [0.5, 0.6) is 0 Å². The molecule has 0 saturated heterocycles. The van der Waals surface area contributed by atoms with Gasteiger partial charge in [0.1, 0.15) is 5.75 Å². The molecule has 0 heterocycles. The second-order valence-electron chi connectivity index (χ2n) is 3.18. The maximum Gasteiger partial charge on any atom is 0.316 e. The van der Waals surface area contributed by atoms with E-state index in [0.29, 0.717) is 0 Å². The lowest BCUT2D eigenvalue weighted by molar-refractivity contribution is -0.134. The molecule has 1 aliphatic carbocycles. The monoisotopic (exact) mass is 190 g/mol. The Morgan fingerprint density at radius 1 is 1.33 bits per heavy atom. The Hall–Kier alpha value is -0.380. The van der Waals surface area contributed by atoms with Crippen LogP contribution < -0.4 is 0 Å². The average molecular weight is 190 g/mol. The minimum atomic E-state index is -1.14. The summed E-state index contributed by atoms with van der Waals surface area (Å²) in [7, 11) is -1.14. The van der Waals surface area contributed by atoms with Crippen molar-refractivity contribution in [2.24, 2.45) is 0 Å². The zero-order valence-corrected chi connectivity index (χ0v) is 7.81. The van der Waals surface area contributed by atoms with Crippen LogP contribution in [0, 0.1) is 0 Å². The van der Waals surface area contributed by atoms with E-state index in [0.717, 1.165) is 25.7 Å². The van der Waals surface area contributed by atoms with Gasteiger partial charge in [0.25, 0.3) is 0 Å². The first-order valence-electron chi connectivity index (χ1n) is 4.29. The van der Waals surface area contributed by atoms with Crippen LogP contribution in [0.15, 0.2) is 0 Å². The number of carboxylic acid groups (broad SMARTS) is 1. The Labute approximate surface area is 74.6 Å². The molecule has 1 unspecified atom stereocenters. The normalized spacial score (nSPS) is 22.0. The molecule has 1 atom stereocenters. The van der Waals surface area contributed by atoms with E-state index in [4.69, 9.17) is 5.11 Å². The van der Waals surface area contributed by atoms with E-state index in [1.165, 1.54) is 6.42 Å². The van der Waals surface area contributed by atoms with Crippen molar-refractivity contribution >= 4 is 16.8 Å². The molecule has 0 radical (unpaired) electrons. The molecule has 1 fully saturated rings. The number of rotatable bonds is 3. The van der Waals surface area contributed by atoms with Crippen LogP contribution in [-0.4, -0.2) is 26.3 Å². The van der Waals surface area contributed by atoms with Gasteiger partial charge in [0.15, 0.2) is 0 Å². The van der Waals surface area contributed by atoms with E-state index in [2.05, 4.69) is 0 Å². The summed E-state index contributed by atoms with van der Waals surface area (Å²) in [6.45, 7) is 0. The van der Waals surface area contributed by atoms with E-state index < -0.39 is 16.8 Å². The van der Waals surface area contributed by atoms with Gasteiger partial charge in [-0.25, -0.2) is 0 Å². The summed E-state index contributed by atoms with van der Waals surface area (Å²) in [4.78, 5) is 10.3. The summed E-state index contributed by atoms with van der Waals surface area (Å²) in [5, 5.41) is 8.57. The lowest BCUT2D eigenvalue weighted by atomic mass is 10.0. The van der Waals surface area contributed by atoms with Crippen molar-refractivity contribution in [2.75, 3.05) is 5.75 Å². The maximum atomic E-state index is 11.3. The molecule has 1 saturated carbocycles. The van der Waals surface area contributed by atoms with Gasteiger partial charge in [-0.2, -0.15) is 0 Å². The van der Waals surface area contributed by atoms with Crippen molar-refractivity contribution in [3.8, 4) is 0 Å².